The Morgan fingerprint density at radius 2 is 1.86 bits per heavy atom. The first kappa shape index (κ1) is 7.76. The normalized spacial score (nSPS) is 12.0. The van der Waals surface area contributed by atoms with E-state index in [1.807, 2.05) is 9.88 Å². The number of hydrogen-bond donors (Lipinski definition) is 1. The summed E-state index contributed by atoms with van der Waals surface area (Å²) in [5.74, 6) is 0. The summed E-state index contributed by atoms with van der Waals surface area (Å²) in [4.78, 5) is 4.08. The Morgan fingerprint density at radius 3 is 1.86 bits per heavy atom. The standard InChI is InChI=1S/C3H7.2CH3.H2O.Sn/c1-3-2;;;;/h1,3H2,2H3;2*1H3;1H2;/q;;;;+1/p-1. The van der Waals surface area contributed by atoms with Gasteiger partial charge < -0.3 is 0 Å². The van der Waals surface area contributed by atoms with E-state index in [0.717, 1.165) is 10.9 Å². The molecule has 1 N–H and O–H groups in total. The predicted molar refractivity (Wildman–Crippen MR) is 34.8 cm³/mol. The van der Waals surface area contributed by atoms with Gasteiger partial charge in [0, 0.05) is 0 Å². The minimum atomic E-state index is -2.28. The first-order valence-corrected chi connectivity index (χ1v) is 11.8. The van der Waals surface area contributed by atoms with Crippen molar-refractivity contribution in [3.63, 3.8) is 0 Å². The average Bonchev–Trinajstić information content (AvgIpc) is 1.30. The van der Waals surface area contributed by atoms with Crippen LogP contribution in [0.1, 0.15) is 13.3 Å². The quantitative estimate of drug-likeness (QED) is 0.684. The molecule has 0 saturated heterocycles. The van der Waals surface area contributed by atoms with Crippen LogP contribution in [0.5, 0.6) is 0 Å². The Kier molecular flexibility index (Phi) is 3.24. The Morgan fingerprint density at radius 1 is 1.43 bits per heavy atom. The molecule has 0 spiro atoms. The van der Waals surface area contributed by atoms with Gasteiger partial charge in [-0.3, -0.25) is 0 Å². The molecule has 0 aliphatic carbocycles. The van der Waals surface area contributed by atoms with Gasteiger partial charge >= 0.3 is 49.9 Å². The first-order chi connectivity index (χ1) is 3.06. The monoisotopic (exact) mass is 210 g/mol. The molecule has 0 aromatic heterocycles. The van der Waals surface area contributed by atoms with Gasteiger partial charge in [0.25, 0.3) is 0 Å². The summed E-state index contributed by atoms with van der Waals surface area (Å²) in [6, 6.07) is 0. The summed E-state index contributed by atoms with van der Waals surface area (Å²) in [5, 5.41) is 0. The third-order valence-electron chi connectivity index (χ3n) is 0.862. The Hall–Kier alpha value is 0.759. The maximum absolute atomic E-state index is 9.23. The average molecular weight is 209 g/mol. The summed E-state index contributed by atoms with van der Waals surface area (Å²) in [5.41, 5.74) is 0. The molecule has 0 bridgehead atoms. The minimum absolute atomic E-state index is 1.11. The van der Waals surface area contributed by atoms with E-state index >= 15 is 0 Å². The van der Waals surface area contributed by atoms with Crippen LogP contribution in [0.25, 0.3) is 0 Å². The van der Waals surface area contributed by atoms with Crippen LogP contribution in [0.2, 0.25) is 14.3 Å². The third-order valence-corrected chi connectivity index (χ3v) is 5.78. The van der Waals surface area contributed by atoms with Gasteiger partial charge in [-0.25, -0.2) is 0 Å². The van der Waals surface area contributed by atoms with E-state index in [1.54, 1.807) is 0 Å². The SMILES string of the molecule is CC[CH2][Sn]([CH3])([CH3])[OH]. The molecule has 0 aliphatic rings. The summed E-state index contributed by atoms with van der Waals surface area (Å²) >= 11 is -2.28. The fourth-order valence-corrected chi connectivity index (χ4v) is 4.10. The molecule has 0 heterocycles. The van der Waals surface area contributed by atoms with Crippen molar-refractivity contribution in [2.45, 2.75) is 27.7 Å². The fraction of sp³-hybridized carbons (Fsp3) is 1.00. The van der Waals surface area contributed by atoms with Crippen LogP contribution in [0.3, 0.4) is 0 Å². The van der Waals surface area contributed by atoms with Crippen LogP contribution in [-0.2, 0) is 0 Å². The Labute approximate surface area is 50.2 Å². The van der Waals surface area contributed by atoms with Gasteiger partial charge in [-0.2, -0.15) is 0 Å². The molecule has 0 fully saturated rings. The van der Waals surface area contributed by atoms with E-state index in [9.17, 15) is 3.44 Å². The zero-order valence-corrected chi connectivity index (χ0v) is 8.22. The van der Waals surface area contributed by atoms with E-state index in [2.05, 4.69) is 6.92 Å². The molecule has 0 aliphatic heterocycles. The van der Waals surface area contributed by atoms with E-state index in [-0.39, 0.29) is 0 Å². The molecule has 0 saturated carbocycles. The molecular weight excluding hydrogens is 195 g/mol. The van der Waals surface area contributed by atoms with Crippen LogP contribution >= 0.6 is 0 Å². The van der Waals surface area contributed by atoms with Crippen molar-refractivity contribution < 1.29 is 3.44 Å². The van der Waals surface area contributed by atoms with Crippen molar-refractivity contribution in [2.75, 3.05) is 0 Å². The first-order valence-electron chi connectivity index (χ1n) is 2.78. The molecular formula is C5H14OSn. The van der Waals surface area contributed by atoms with Gasteiger partial charge in [0.15, 0.2) is 0 Å². The molecule has 0 unspecified atom stereocenters. The molecule has 44 valence electrons. The van der Waals surface area contributed by atoms with Crippen molar-refractivity contribution in [3.8, 4) is 0 Å². The van der Waals surface area contributed by atoms with Crippen molar-refractivity contribution in [3.05, 3.63) is 0 Å². The van der Waals surface area contributed by atoms with Crippen molar-refractivity contribution in [2.24, 2.45) is 0 Å². The maximum atomic E-state index is 9.23. The van der Waals surface area contributed by atoms with Gasteiger partial charge in [-0.15, -0.1) is 0 Å². The van der Waals surface area contributed by atoms with E-state index in [0.29, 0.717) is 0 Å². The molecule has 0 aromatic rings. The zero-order valence-electron chi connectivity index (χ0n) is 5.36. The van der Waals surface area contributed by atoms with Crippen molar-refractivity contribution in [1.82, 2.24) is 0 Å². The van der Waals surface area contributed by atoms with Crippen LogP contribution in [0.15, 0.2) is 0 Å². The topological polar surface area (TPSA) is 20.2 Å². The van der Waals surface area contributed by atoms with Gasteiger partial charge in [0.05, 0.1) is 0 Å². The Bertz CT molecular complexity index is 46.5. The van der Waals surface area contributed by atoms with E-state index in [1.165, 1.54) is 0 Å². The Balaban J connectivity index is 3.15. The molecule has 7 heavy (non-hydrogen) atoms. The van der Waals surface area contributed by atoms with E-state index < -0.39 is 18.8 Å². The summed E-state index contributed by atoms with van der Waals surface area (Å²) < 4.78 is 10.3. The van der Waals surface area contributed by atoms with Gasteiger partial charge in [-0.05, 0) is 0 Å². The zero-order chi connectivity index (χ0) is 5.91. The molecule has 0 aromatic carbocycles. The molecule has 0 radical (unpaired) electrons. The predicted octanol–water partition coefficient (Wildman–Crippen LogP) is 1.59. The second-order valence-electron chi connectivity index (χ2n) is 2.56. The summed E-state index contributed by atoms with van der Waals surface area (Å²) in [7, 11) is 0. The van der Waals surface area contributed by atoms with E-state index in [4.69, 9.17) is 0 Å². The molecule has 0 atom stereocenters. The third kappa shape index (κ3) is 6.76. The number of hydrogen-bond acceptors (Lipinski definition) is 1. The molecule has 0 amide bonds. The van der Waals surface area contributed by atoms with Gasteiger partial charge in [0.2, 0.25) is 0 Å². The van der Waals surface area contributed by atoms with Gasteiger partial charge in [0.1, 0.15) is 0 Å². The second-order valence-corrected chi connectivity index (χ2v) is 14.3. The van der Waals surface area contributed by atoms with Crippen molar-refractivity contribution >= 4 is 18.8 Å². The number of rotatable bonds is 2. The summed E-state index contributed by atoms with van der Waals surface area (Å²) in [6.45, 7) is 2.12. The van der Waals surface area contributed by atoms with Gasteiger partial charge in [-0.1, -0.05) is 0 Å². The van der Waals surface area contributed by atoms with Crippen LogP contribution in [0, 0.1) is 0 Å². The summed E-state index contributed by atoms with van der Waals surface area (Å²) in [6.07, 6.45) is 1.15. The molecule has 1 nitrogen and oxygen atoms in total. The molecule has 0 rings (SSSR count). The molecule has 2 heteroatoms. The van der Waals surface area contributed by atoms with Crippen molar-refractivity contribution in [1.29, 1.82) is 0 Å². The second kappa shape index (κ2) is 2.92. The fourth-order valence-electron chi connectivity index (χ4n) is 0.612. The van der Waals surface area contributed by atoms with Crippen LogP contribution in [-0.4, -0.2) is 22.2 Å². The van der Waals surface area contributed by atoms with Crippen LogP contribution < -0.4 is 0 Å². The van der Waals surface area contributed by atoms with Crippen LogP contribution in [0.4, 0.5) is 0 Å².